The molecule has 35 heavy (non-hydrogen) atoms. The number of aryl methyl sites for hydroxylation is 1. The minimum atomic E-state index is -4.32. The van der Waals surface area contributed by atoms with Crippen LogP contribution in [-0.2, 0) is 23.7 Å². The van der Waals surface area contributed by atoms with E-state index in [-0.39, 0.29) is 22.4 Å². The largest absolute Gasteiger partial charge is 0.472 e. The number of imidazole rings is 1. The van der Waals surface area contributed by atoms with E-state index in [0.29, 0.717) is 11.3 Å². The minimum absolute atomic E-state index is 0.0801. The fraction of sp³-hybridized carbons (Fsp3) is 0.0870. The summed E-state index contributed by atoms with van der Waals surface area (Å²) in [5, 5.41) is -0.315. The van der Waals surface area contributed by atoms with Crippen LogP contribution in [0.25, 0.3) is 11.3 Å². The van der Waals surface area contributed by atoms with Gasteiger partial charge >= 0.3 is 0 Å². The third kappa shape index (κ3) is 5.65. The lowest BCUT2D eigenvalue weighted by Gasteiger charge is -2.13. The number of aromatic nitrogens is 3. The number of ether oxygens (including phenoxy) is 1. The highest BCUT2D eigenvalue weighted by molar-refractivity contribution is 7.89. The van der Waals surface area contributed by atoms with Crippen molar-refractivity contribution in [3.63, 3.8) is 0 Å². The van der Waals surface area contributed by atoms with E-state index in [0.717, 1.165) is 5.56 Å². The van der Waals surface area contributed by atoms with Crippen LogP contribution in [0.1, 0.15) is 15.9 Å². The van der Waals surface area contributed by atoms with Crippen LogP contribution in [0.3, 0.4) is 0 Å². The molecule has 1 amide bonds. The number of amides is 1. The van der Waals surface area contributed by atoms with Crippen molar-refractivity contribution in [3.8, 4) is 17.1 Å². The molecule has 0 aliphatic heterocycles. The fourth-order valence-electron chi connectivity index (χ4n) is 3.11. The van der Waals surface area contributed by atoms with Crippen molar-refractivity contribution in [3.05, 3.63) is 95.3 Å². The Morgan fingerprint density at radius 2 is 1.91 bits per heavy atom. The molecule has 0 fully saturated rings. The Morgan fingerprint density at radius 3 is 2.63 bits per heavy atom. The molecular formula is C23H19ClFN5O4S. The highest BCUT2D eigenvalue weighted by atomic mass is 35.5. The van der Waals surface area contributed by atoms with Crippen LogP contribution in [0.15, 0.2) is 78.2 Å². The van der Waals surface area contributed by atoms with Gasteiger partial charge in [-0.2, -0.15) is 0 Å². The molecular weight excluding hydrogens is 497 g/mol. The number of nitrogens with zero attached hydrogens (tertiary/aromatic N) is 3. The van der Waals surface area contributed by atoms with Gasteiger partial charge in [0.2, 0.25) is 5.88 Å². The zero-order valence-corrected chi connectivity index (χ0v) is 19.8. The maximum Gasteiger partial charge on any atom is 0.269 e. The van der Waals surface area contributed by atoms with Gasteiger partial charge in [-0.15, -0.1) is 4.83 Å². The summed E-state index contributed by atoms with van der Waals surface area (Å²) in [5.41, 5.74) is 3.19. The Bertz CT molecular complexity index is 1480. The first-order valence-corrected chi connectivity index (χ1v) is 12.0. The van der Waals surface area contributed by atoms with Gasteiger partial charge in [0.1, 0.15) is 11.5 Å². The number of sulfonamides is 1. The minimum Gasteiger partial charge on any atom is -0.472 e. The summed E-state index contributed by atoms with van der Waals surface area (Å²) in [6, 6.07) is 14.3. The van der Waals surface area contributed by atoms with Crippen molar-refractivity contribution in [2.24, 2.45) is 7.05 Å². The van der Waals surface area contributed by atoms with Crippen LogP contribution in [0, 0.1) is 5.82 Å². The van der Waals surface area contributed by atoms with Gasteiger partial charge in [-0.1, -0.05) is 41.9 Å². The van der Waals surface area contributed by atoms with Gasteiger partial charge in [0.25, 0.3) is 15.9 Å². The standard InChI is InChI=1S/C23H19ClFN5O4S/c1-30-12-19(27-14-30)16-10-17(21(25)18(24)11-16)22(31)28-29-35(32,33)20-8-5-9-26-23(20)34-13-15-6-3-2-4-7-15/h2-12,14,29H,13H2,1H3,(H,28,31). The van der Waals surface area contributed by atoms with Gasteiger partial charge in [0.05, 0.1) is 22.6 Å². The monoisotopic (exact) mass is 515 g/mol. The molecule has 0 spiro atoms. The maximum absolute atomic E-state index is 14.6. The lowest BCUT2D eigenvalue weighted by molar-refractivity contribution is 0.0941. The summed E-state index contributed by atoms with van der Waals surface area (Å²) in [6.45, 7) is 0.0801. The number of hydrogen-bond acceptors (Lipinski definition) is 6. The maximum atomic E-state index is 14.6. The zero-order valence-electron chi connectivity index (χ0n) is 18.3. The van der Waals surface area contributed by atoms with Crippen LogP contribution >= 0.6 is 11.6 Å². The molecule has 0 aliphatic rings. The first kappa shape index (κ1) is 24.3. The predicted octanol–water partition coefficient (Wildman–Crippen LogP) is 3.48. The van der Waals surface area contributed by atoms with Gasteiger partial charge in [0, 0.05) is 25.0 Å². The van der Waals surface area contributed by atoms with Crippen LogP contribution in [0.5, 0.6) is 5.88 Å². The Balaban J connectivity index is 1.52. The molecule has 4 rings (SSSR count). The van der Waals surface area contributed by atoms with E-state index in [9.17, 15) is 17.6 Å². The van der Waals surface area contributed by atoms with Crippen LogP contribution < -0.4 is 15.0 Å². The van der Waals surface area contributed by atoms with E-state index in [2.05, 4.69) is 9.97 Å². The van der Waals surface area contributed by atoms with E-state index >= 15 is 0 Å². The highest BCUT2D eigenvalue weighted by Crippen LogP contribution is 2.27. The molecule has 0 aliphatic carbocycles. The quantitative estimate of drug-likeness (QED) is 0.347. The van der Waals surface area contributed by atoms with E-state index in [1.807, 2.05) is 40.6 Å². The van der Waals surface area contributed by atoms with E-state index in [4.69, 9.17) is 16.3 Å². The second-order valence-corrected chi connectivity index (χ2v) is 9.44. The van der Waals surface area contributed by atoms with Gasteiger partial charge < -0.3 is 9.30 Å². The zero-order chi connectivity index (χ0) is 25.0. The van der Waals surface area contributed by atoms with E-state index in [1.54, 1.807) is 17.8 Å². The summed E-state index contributed by atoms with van der Waals surface area (Å²) in [7, 11) is -2.57. The summed E-state index contributed by atoms with van der Waals surface area (Å²) in [5.74, 6) is -2.22. The van der Waals surface area contributed by atoms with Crippen LogP contribution in [0.2, 0.25) is 5.02 Å². The molecule has 4 aromatic rings. The van der Waals surface area contributed by atoms with Crippen molar-refractivity contribution in [1.29, 1.82) is 0 Å². The molecule has 0 atom stereocenters. The number of rotatable bonds is 8. The van der Waals surface area contributed by atoms with Gasteiger partial charge in [-0.25, -0.2) is 22.8 Å². The smallest absolute Gasteiger partial charge is 0.269 e. The van der Waals surface area contributed by atoms with Gasteiger partial charge in [-0.05, 0) is 29.8 Å². The Labute approximate surface area is 205 Å². The lowest BCUT2D eigenvalue weighted by atomic mass is 10.1. The average Bonchev–Trinajstić information content (AvgIpc) is 3.30. The second-order valence-electron chi connectivity index (χ2n) is 7.38. The molecule has 9 nitrogen and oxygen atoms in total. The number of pyridine rings is 1. The van der Waals surface area contributed by atoms with E-state index in [1.165, 1.54) is 36.8 Å². The second kappa shape index (κ2) is 10.2. The van der Waals surface area contributed by atoms with Crippen LogP contribution in [-0.4, -0.2) is 28.9 Å². The summed E-state index contributed by atoms with van der Waals surface area (Å²) in [4.78, 5) is 22.4. The normalized spacial score (nSPS) is 11.3. The summed E-state index contributed by atoms with van der Waals surface area (Å²) < 4.78 is 47.6. The number of benzene rings is 2. The Morgan fingerprint density at radius 1 is 1.14 bits per heavy atom. The van der Waals surface area contributed by atoms with Gasteiger partial charge in [0.15, 0.2) is 5.82 Å². The Hall–Kier alpha value is -3.80. The number of nitrogens with one attached hydrogen (secondary N) is 2. The first-order valence-electron chi connectivity index (χ1n) is 10.2. The molecule has 2 N–H and O–H groups in total. The van der Waals surface area contributed by atoms with Gasteiger partial charge in [-0.3, -0.25) is 10.2 Å². The molecule has 0 unspecified atom stereocenters. The lowest BCUT2D eigenvalue weighted by Crippen LogP contribution is -2.42. The van der Waals surface area contributed by atoms with Crippen molar-refractivity contribution in [2.45, 2.75) is 11.5 Å². The first-order chi connectivity index (χ1) is 16.7. The Kier molecular flexibility index (Phi) is 7.10. The molecule has 2 aromatic heterocycles. The van der Waals surface area contributed by atoms with Crippen LogP contribution in [0.4, 0.5) is 4.39 Å². The number of hydrazine groups is 1. The molecule has 2 heterocycles. The van der Waals surface area contributed by atoms with E-state index < -0.39 is 27.3 Å². The molecule has 0 radical (unpaired) electrons. The molecule has 180 valence electrons. The summed E-state index contributed by atoms with van der Waals surface area (Å²) in [6.07, 6.45) is 4.57. The topological polar surface area (TPSA) is 115 Å². The van der Waals surface area contributed by atoms with Crippen molar-refractivity contribution in [1.82, 2.24) is 24.8 Å². The third-order valence-corrected chi connectivity index (χ3v) is 6.35. The number of carbonyl (C=O) groups excluding carboxylic acids is 1. The van der Waals surface area contributed by atoms with Crippen molar-refractivity contribution < 1.29 is 22.3 Å². The number of halogens is 2. The molecule has 0 saturated carbocycles. The molecule has 0 saturated heterocycles. The highest BCUT2D eigenvalue weighted by Gasteiger charge is 2.24. The predicted molar refractivity (Wildman–Crippen MR) is 126 cm³/mol. The van der Waals surface area contributed by atoms with Crippen molar-refractivity contribution >= 4 is 27.5 Å². The average molecular weight is 516 g/mol. The number of hydrogen-bond donors (Lipinski definition) is 2. The SMILES string of the molecule is Cn1cnc(-c2cc(Cl)c(F)c(C(=O)NNS(=O)(=O)c3cccnc3OCc3ccccc3)c2)c1. The molecule has 2 aromatic carbocycles. The number of carbonyl (C=O) groups is 1. The fourth-order valence-corrected chi connectivity index (χ4v) is 4.27. The summed E-state index contributed by atoms with van der Waals surface area (Å²) >= 11 is 5.96. The van der Waals surface area contributed by atoms with Crippen molar-refractivity contribution in [2.75, 3.05) is 0 Å². The molecule has 0 bridgehead atoms. The third-order valence-electron chi connectivity index (χ3n) is 4.82. The molecule has 12 heteroatoms.